The number of fused-ring (bicyclic) bond motifs is 5. The first-order chi connectivity index (χ1) is 13.0. The first-order valence-electron chi connectivity index (χ1n) is 10.9. The Morgan fingerprint density at radius 3 is 2.39 bits per heavy atom. The molecule has 0 heterocycles. The Labute approximate surface area is 165 Å². The van der Waals surface area contributed by atoms with Gasteiger partial charge in [0.15, 0.2) is 0 Å². The second-order valence-electron chi connectivity index (χ2n) is 10.2. The monoisotopic (exact) mass is 396 g/mol. The average Bonchev–Trinajstić information content (AvgIpc) is 2.96. The number of aliphatic hydroxyl groups is 1. The van der Waals surface area contributed by atoms with Crippen molar-refractivity contribution in [3.63, 3.8) is 0 Å². The average molecular weight is 396 g/mol. The molecule has 4 unspecified atom stereocenters. The number of ketones is 1. The molecule has 4 rings (SSSR count). The van der Waals surface area contributed by atoms with E-state index in [9.17, 15) is 23.1 Å². The van der Waals surface area contributed by atoms with Crippen LogP contribution in [0.1, 0.15) is 71.6 Å². The third-order valence-electron chi connectivity index (χ3n) is 8.94. The normalized spacial score (nSPS) is 47.9. The van der Waals surface area contributed by atoms with Crippen molar-refractivity contribution in [1.29, 1.82) is 0 Å². The smallest absolute Gasteiger partial charge is 0.378 e. The van der Waals surface area contributed by atoms with E-state index in [1.165, 1.54) is 5.92 Å². The third-order valence-corrected chi connectivity index (χ3v) is 8.94. The molecular formula is C23H31F3O2. The van der Waals surface area contributed by atoms with Crippen molar-refractivity contribution >= 4 is 5.78 Å². The fraction of sp³-hybridized carbons (Fsp3) is 0.870. The molecule has 4 fully saturated rings. The Morgan fingerprint density at radius 1 is 1.00 bits per heavy atom. The van der Waals surface area contributed by atoms with Gasteiger partial charge in [0.25, 0.3) is 0 Å². The number of carbonyl (C=O) groups excluding carboxylic acids is 1. The molecule has 2 nitrogen and oxygen atoms in total. The van der Waals surface area contributed by atoms with E-state index in [0.717, 1.165) is 44.9 Å². The molecule has 4 aliphatic carbocycles. The van der Waals surface area contributed by atoms with Gasteiger partial charge in [0.2, 0.25) is 0 Å². The first-order valence-corrected chi connectivity index (χ1v) is 10.9. The van der Waals surface area contributed by atoms with Crippen LogP contribution in [0.4, 0.5) is 13.2 Å². The topological polar surface area (TPSA) is 37.3 Å². The SMILES string of the molecule is CC(=O)[C@H]1CCC2C3CCC4C[C@@](O)(C#CC(F)(F)F)CC[C@@H]4C3CC[C@@]21C. The maximum atomic E-state index is 12.5. The minimum Gasteiger partial charge on any atom is -0.378 e. The van der Waals surface area contributed by atoms with Crippen molar-refractivity contribution in [3.8, 4) is 11.8 Å². The highest BCUT2D eigenvalue weighted by atomic mass is 19.4. The Balaban J connectivity index is 1.49. The van der Waals surface area contributed by atoms with E-state index in [-0.39, 0.29) is 17.3 Å². The summed E-state index contributed by atoms with van der Waals surface area (Å²) in [7, 11) is 0. The number of carbonyl (C=O) groups is 1. The van der Waals surface area contributed by atoms with Crippen LogP contribution in [0, 0.1) is 52.8 Å². The van der Waals surface area contributed by atoms with Crippen LogP contribution in [0.2, 0.25) is 0 Å². The molecule has 1 N–H and O–H groups in total. The van der Waals surface area contributed by atoms with Crippen molar-refractivity contribution in [2.75, 3.05) is 0 Å². The van der Waals surface area contributed by atoms with Gasteiger partial charge < -0.3 is 5.11 Å². The van der Waals surface area contributed by atoms with Crippen LogP contribution >= 0.6 is 0 Å². The van der Waals surface area contributed by atoms with Crippen LogP contribution in [0.5, 0.6) is 0 Å². The third kappa shape index (κ3) is 3.40. The summed E-state index contributed by atoms with van der Waals surface area (Å²) in [4.78, 5) is 12.2. The highest BCUT2D eigenvalue weighted by Gasteiger charge is 2.58. The van der Waals surface area contributed by atoms with Crippen molar-refractivity contribution in [3.05, 3.63) is 0 Å². The molecule has 4 aliphatic rings. The van der Waals surface area contributed by atoms with Gasteiger partial charge >= 0.3 is 6.18 Å². The van der Waals surface area contributed by atoms with E-state index in [0.29, 0.717) is 42.3 Å². The Hall–Kier alpha value is -1.02. The van der Waals surface area contributed by atoms with E-state index in [1.807, 2.05) is 0 Å². The molecule has 0 aromatic carbocycles. The summed E-state index contributed by atoms with van der Waals surface area (Å²) in [6, 6.07) is 0. The van der Waals surface area contributed by atoms with Crippen molar-refractivity contribution in [2.24, 2.45) is 40.9 Å². The van der Waals surface area contributed by atoms with Crippen LogP contribution < -0.4 is 0 Å². The van der Waals surface area contributed by atoms with E-state index in [4.69, 9.17) is 0 Å². The fourth-order valence-corrected chi connectivity index (χ4v) is 7.85. The molecule has 0 aliphatic heterocycles. The van der Waals surface area contributed by atoms with Crippen LogP contribution in [0.25, 0.3) is 0 Å². The number of rotatable bonds is 1. The number of Topliss-reactive ketones (excluding diaryl/α,β-unsaturated/α-hetero) is 1. The highest BCUT2D eigenvalue weighted by Crippen LogP contribution is 2.64. The minimum atomic E-state index is -4.55. The van der Waals surface area contributed by atoms with Gasteiger partial charge in [0.1, 0.15) is 11.4 Å². The largest absolute Gasteiger partial charge is 0.457 e. The van der Waals surface area contributed by atoms with Gasteiger partial charge in [-0.15, -0.1) is 0 Å². The molecule has 4 saturated carbocycles. The van der Waals surface area contributed by atoms with Crippen LogP contribution in [-0.2, 0) is 4.79 Å². The van der Waals surface area contributed by atoms with Gasteiger partial charge in [0.05, 0.1) is 0 Å². The van der Waals surface area contributed by atoms with E-state index < -0.39 is 11.8 Å². The second kappa shape index (κ2) is 6.76. The van der Waals surface area contributed by atoms with E-state index in [1.54, 1.807) is 6.92 Å². The lowest BCUT2D eigenvalue weighted by atomic mass is 9.49. The zero-order valence-electron chi connectivity index (χ0n) is 16.8. The van der Waals surface area contributed by atoms with Crippen molar-refractivity contribution in [1.82, 2.24) is 0 Å². The molecule has 0 aromatic heterocycles. The molecule has 28 heavy (non-hydrogen) atoms. The number of alkyl halides is 3. The number of halogens is 3. The molecule has 0 amide bonds. The predicted molar refractivity (Wildman–Crippen MR) is 100 cm³/mol. The Bertz CT molecular complexity index is 705. The van der Waals surface area contributed by atoms with Crippen molar-refractivity contribution < 1.29 is 23.1 Å². The summed E-state index contributed by atoms with van der Waals surface area (Å²) in [5.74, 6) is 6.59. The maximum Gasteiger partial charge on any atom is 0.457 e. The summed E-state index contributed by atoms with van der Waals surface area (Å²) in [5.41, 5.74) is -1.35. The van der Waals surface area contributed by atoms with Crippen LogP contribution in [0.3, 0.4) is 0 Å². The zero-order valence-corrected chi connectivity index (χ0v) is 16.8. The van der Waals surface area contributed by atoms with Gasteiger partial charge in [-0.2, -0.15) is 13.2 Å². The molecule has 0 saturated heterocycles. The molecular weight excluding hydrogens is 365 g/mol. The Kier molecular flexibility index (Phi) is 4.89. The minimum absolute atomic E-state index is 0.132. The van der Waals surface area contributed by atoms with Gasteiger partial charge in [-0.1, -0.05) is 12.8 Å². The predicted octanol–water partition coefficient (Wildman–Crippen LogP) is 5.14. The molecule has 0 bridgehead atoms. The molecule has 0 spiro atoms. The molecule has 5 heteroatoms. The van der Waals surface area contributed by atoms with Gasteiger partial charge in [0, 0.05) is 11.8 Å². The summed E-state index contributed by atoms with van der Waals surface area (Å²) in [6.45, 7) is 4.07. The van der Waals surface area contributed by atoms with Crippen molar-refractivity contribution in [2.45, 2.75) is 83.4 Å². The lowest BCUT2D eigenvalue weighted by Gasteiger charge is -2.56. The fourth-order valence-electron chi connectivity index (χ4n) is 7.85. The zero-order chi connectivity index (χ0) is 20.3. The van der Waals surface area contributed by atoms with Crippen LogP contribution in [0.15, 0.2) is 0 Å². The molecule has 8 atom stereocenters. The lowest BCUT2D eigenvalue weighted by molar-refractivity contribution is -0.129. The summed E-state index contributed by atoms with van der Waals surface area (Å²) in [6.07, 6.45) is 3.36. The Morgan fingerprint density at radius 2 is 1.71 bits per heavy atom. The number of hydrogen-bond donors (Lipinski definition) is 1. The van der Waals surface area contributed by atoms with Gasteiger partial charge in [-0.05, 0) is 99.7 Å². The van der Waals surface area contributed by atoms with Crippen LogP contribution in [-0.4, -0.2) is 22.7 Å². The quantitative estimate of drug-likeness (QED) is 0.623. The molecule has 156 valence electrons. The maximum absolute atomic E-state index is 12.5. The number of hydrogen-bond acceptors (Lipinski definition) is 2. The summed E-state index contributed by atoms with van der Waals surface area (Å²) in [5, 5.41) is 10.6. The van der Waals surface area contributed by atoms with Gasteiger partial charge in [-0.3, -0.25) is 4.79 Å². The second-order valence-corrected chi connectivity index (χ2v) is 10.2. The first kappa shape index (κ1) is 20.3. The highest BCUT2D eigenvalue weighted by molar-refractivity contribution is 5.79. The van der Waals surface area contributed by atoms with Gasteiger partial charge in [-0.25, -0.2) is 0 Å². The summed E-state index contributed by atoms with van der Waals surface area (Å²) >= 11 is 0. The van der Waals surface area contributed by atoms with E-state index >= 15 is 0 Å². The standard InChI is InChI=1S/C23H31F3O2/c1-14(27)19-5-6-20-18-4-3-15-13-22(28,11-12-23(24,25)26)10-8-16(15)17(18)7-9-21(19,20)2/h15-20,28H,3-10,13H2,1-2H3/t15?,16-,17?,18?,19+,20?,21+,22-/m0/s1. The van der Waals surface area contributed by atoms with E-state index in [2.05, 4.69) is 12.8 Å². The lowest BCUT2D eigenvalue weighted by Crippen LogP contribution is -2.51. The molecule has 0 aromatic rings. The summed E-state index contributed by atoms with van der Waals surface area (Å²) < 4.78 is 37.4. The molecule has 0 radical (unpaired) electrons.